The molecular weight excluding hydrogens is 387 g/mol. The van der Waals surface area contributed by atoms with E-state index in [1.165, 1.54) is 35.6 Å². The van der Waals surface area contributed by atoms with Gasteiger partial charge in [0.05, 0.1) is 6.07 Å². The average molecular weight is 399 g/mol. The fraction of sp³-hybridized carbons (Fsp3) is 0.250. The summed E-state index contributed by atoms with van der Waals surface area (Å²) < 4.78 is 45.9. The van der Waals surface area contributed by atoms with E-state index in [0.29, 0.717) is 0 Å². The average Bonchev–Trinajstić information content (AvgIpc) is 3.11. The van der Waals surface area contributed by atoms with Crippen molar-refractivity contribution in [3.8, 4) is 0 Å². The van der Waals surface area contributed by atoms with Crippen LogP contribution in [0.4, 0.5) is 23.8 Å². The predicted molar refractivity (Wildman–Crippen MR) is 85.0 cm³/mol. The van der Waals surface area contributed by atoms with E-state index in [-0.39, 0.29) is 5.56 Å². The Balaban J connectivity index is 2.15. The van der Waals surface area contributed by atoms with Crippen LogP contribution < -0.4 is 10.6 Å². The van der Waals surface area contributed by atoms with E-state index < -0.39 is 52.2 Å². The highest BCUT2D eigenvalue weighted by molar-refractivity contribution is 6.00. The van der Waals surface area contributed by atoms with Crippen molar-refractivity contribution in [2.45, 2.75) is 17.9 Å². The van der Waals surface area contributed by atoms with Crippen LogP contribution in [0.5, 0.6) is 0 Å². The van der Waals surface area contributed by atoms with E-state index in [1.807, 2.05) is 0 Å². The summed E-state index contributed by atoms with van der Waals surface area (Å²) in [5, 5.41) is 24.5. The highest BCUT2D eigenvalue weighted by Gasteiger charge is 2.67. The Bertz CT molecular complexity index is 929. The summed E-state index contributed by atoms with van der Waals surface area (Å²) in [5.74, 6) is -4.77. The van der Waals surface area contributed by atoms with Crippen LogP contribution in [0, 0.1) is 16.0 Å². The number of amides is 2. The molecule has 3 N–H and O–H groups in total. The highest BCUT2D eigenvalue weighted by atomic mass is 19.4. The first-order valence-electron chi connectivity index (χ1n) is 7.76. The second-order valence-electron chi connectivity index (χ2n) is 5.98. The molecule has 3 atom stereocenters. The summed E-state index contributed by atoms with van der Waals surface area (Å²) in [6, 6.07) is 5.37. The van der Waals surface area contributed by atoms with Crippen LogP contribution in [0.2, 0.25) is 0 Å². The lowest BCUT2D eigenvalue weighted by molar-refractivity contribution is -0.402. The molecule has 28 heavy (non-hydrogen) atoms. The maximum absolute atomic E-state index is 13.7. The molecule has 0 radical (unpaired) electrons. The number of hydrogen-bond acceptors (Lipinski definition) is 6. The number of nitro groups is 1. The molecule has 2 aromatic rings. The van der Waals surface area contributed by atoms with Crippen molar-refractivity contribution in [1.82, 2.24) is 10.6 Å². The highest BCUT2D eigenvalue weighted by Crippen LogP contribution is 2.44. The molecule has 0 bridgehead atoms. The van der Waals surface area contributed by atoms with Gasteiger partial charge in [-0.15, -0.1) is 0 Å². The van der Waals surface area contributed by atoms with Crippen molar-refractivity contribution in [2.75, 3.05) is 0 Å². The molecule has 2 heterocycles. The third-order valence-corrected chi connectivity index (χ3v) is 4.25. The molecule has 9 nitrogen and oxygen atoms in total. The first kappa shape index (κ1) is 19.4. The third-order valence-electron chi connectivity index (χ3n) is 4.25. The van der Waals surface area contributed by atoms with Gasteiger partial charge >= 0.3 is 18.1 Å². The number of carbonyl (C=O) groups is 2. The minimum absolute atomic E-state index is 0.167. The standard InChI is InChI=1S/C16H12F3N3O6/c17-16(18,19)15(25)11(13(23)8-4-2-1-3-5-8)12(20-14(24)21-15)9-6-7-10(28-9)22(26)27/h1-7,11-12,25H,(H2,20,21,24). The quantitative estimate of drug-likeness (QED) is 0.410. The summed E-state index contributed by atoms with van der Waals surface area (Å²) >= 11 is 0. The second-order valence-corrected chi connectivity index (χ2v) is 5.98. The Hall–Kier alpha value is -3.41. The fourth-order valence-electron chi connectivity index (χ4n) is 2.97. The van der Waals surface area contributed by atoms with E-state index in [1.54, 1.807) is 0 Å². The number of halogens is 3. The molecular formula is C16H12F3N3O6. The molecule has 0 spiro atoms. The summed E-state index contributed by atoms with van der Waals surface area (Å²) in [6.07, 6.45) is -5.43. The van der Waals surface area contributed by atoms with Gasteiger partial charge in [0.2, 0.25) is 5.72 Å². The fourth-order valence-corrected chi connectivity index (χ4v) is 2.97. The summed E-state index contributed by atoms with van der Waals surface area (Å²) in [4.78, 5) is 34.5. The molecule has 2 amide bonds. The zero-order valence-electron chi connectivity index (χ0n) is 13.8. The predicted octanol–water partition coefficient (Wildman–Crippen LogP) is 2.29. The largest absolute Gasteiger partial charge is 0.437 e. The number of furan rings is 1. The third kappa shape index (κ3) is 3.17. The monoisotopic (exact) mass is 399 g/mol. The molecule has 1 aromatic carbocycles. The van der Waals surface area contributed by atoms with Gasteiger partial charge in [-0.3, -0.25) is 14.9 Å². The molecule has 12 heteroatoms. The van der Waals surface area contributed by atoms with Gasteiger partial charge < -0.3 is 20.2 Å². The van der Waals surface area contributed by atoms with E-state index in [2.05, 4.69) is 5.32 Å². The number of aliphatic hydroxyl groups is 1. The SMILES string of the molecule is O=C1NC(c2ccc([N+](=O)[O-])o2)C(C(=O)c2ccccc2)C(O)(C(F)(F)F)N1. The molecule has 0 aliphatic carbocycles. The van der Waals surface area contributed by atoms with Crippen LogP contribution in [0.1, 0.15) is 22.2 Å². The van der Waals surface area contributed by atoms with Crippen LogP contribution >= 0.6 is 0 Å². The topological polar surface area (TPSA) is 135 Å². The maximum Gasteiger partial charge on any atom is 0.437 e. The van der Waals surface area contributed by atoms with Gasteiger partial charge in [-0.1, -0.05) is 30.3 Å². The number of ketones is 1. The second kappa shape index (κ2) is 6.64. The number of carbonyl (C=O) groups excluding carboxylic acids is 2. The molecule has 3 unspecified atom stereocenters. The Labute approximate surface area is 154 Å². The molecule has 0 saturated carbocycles. The lowest BCUT2D eigenvalue weighted by Gasteiger charge is -2.44. The van der Waals surface area contributed by atoms with E-state index in [9.17, 15) is 38.0 Å². The van der Waals surface area contributed by atoms with E-state index >= 15 is 0 Å². The number of urea groups is 1. The van der Waals surface area contributed by atoms with Gasteiger partial charge in [0, 0.05) is 5.56 Å². The van der Waals surface area contributed by atoms with Crippen LogP contribution in [-0.2, 0) is 0 Å². The minimum Gasteiger partial charge on any atom is -0.404 e. The number of hydrogen-bond donors (Lipinski definition) is 3. The number of alkyl halides is 3. The van der Waals surface area contributed by atoms with E-state index in [0.717, 1.165) is 12.1 Å². The summed E-state index contributed by atoms with van der Waals surface area (Å²) in [6.45, 7) is 0. The maximum atomic E-state index is 13.7. The Kier molecular flexibility index (Phi) is 4.59. The van der Waals surface area contributed by atoms with Gasteiger partial charge in [-0.05, 0) is 6.07 Å². The van der Waals surface area contributed by atoms with Crippen molar-refractivity contribution in [3.05, 3.63) is 63.9 Å². The van der Waals surface area contributed by atoms with Crippen molar-refractivity contribution in [2.24, 2.45) is 5.92 Å². The molecule has 1 saturated heterocycles. The molecule has 1 aliphatic heterocycles. The van der Waals surface area contributed by atoms with Gasteiger partial charge in [-0.2, -0.15) is 13.2 Å². The van der Waals surface area contributed by atoms with Crippen molar-refractivity contribution in [3.63, 3.8) is 0 Å². The van der Waals surface area contributed by atoms with Crippen LogP contribution in [0.25, 0.3) is 0 Å². The summed E-state index contributed by atoms with van der Waals surface area (Å²) in [7, 11) is 0. The molecule has 1 fully saturated rings. The molecule has 3 rings (SSSR count). The van der Waals surface area contributed by atoms with Crippen LogP contribution in [0.15, 0.2) is 46.9 Å². The minimum atomic E-state index is -5.43. The lowest BCUT2D eigenvalue weighted by Crippen LogP contribution is -2.72. The number of rotatable bonds is 4. The summed E-state index contributed by atoms with van der Waals surface area (Å²) in [5.41, 5.74) is -4.10. The van der Waals surface area contributed by atoms with Gasteiger partial charge in [0.1, 0.15) is 22.6 Å². The first-order valence-corrected chi connectivity index (χ1v) is 7.76. The number of nitrogens with one attached hydrogen (secondary N) is 2. The Morgan fingerprint density at radius 1 is 1.21 bits per heavy atom. The normalized spacial score (nSPS) is 24.9. The van der Waals surface area contributed by atoms with E-state index in [4.69, 9.17) is 4.42 Å². The van der Waals surface area contributed by atoms with Crippen LogP contribution in [-0.4, -0.2) is 33.7 Å². The van der Waals surface area contributed by atoms with Crippen LogP contribution in [0.3, 0.4) is 0 Å². The van der Waals surface area contributed by atoms with Gasteiger partial charge in [0.25, 0.3) is 0 Å². The zero-order chi connectivity index (χ0) is 20.7. The van der Waals surface area contributed by atoms with Gasteiger partial charge in [-0.25, -0.2) is 4.79 Å². The lowest BCUT2D eigenvalue weighted by atomic mass is 9.79. The number of Topliss-reactive ketones (excluding diaryl/α,β-unsaturated/α-hetero) is 1. The number of nitrogens with zero attached hydrogens (tertiary/aromatic N) is 1. The van der Waals surface area contributed by atoms with Crippen molar-refractivity contribution >= 4 is 17.7 Å². The Morgan fingerprint density at radius 2 is 1.86 bits per heavy atom. The van der Waals surface area contributed by atoms with Crippen molar-refractivity contribution in [1.29, 1.82) is 0 Å². The van der Waals surface area contributed by atoms with Crippen molar-refractivity contribution < 1.29 is 37.2 Å². The first-order chi connectivity index (χ1) is 13.0. The Morgan fingerprint density at radius 3 is 2.39 bits per heavy atom. The smallest absolute Gasteiger partial charge is 0.404 e. The molecule has 1 aromatic heterocycles. The van der Waals surface area contributed by atoms with Gasteiger partial charge in [0.15, 0.2) is 5.78 Å². The molecule has 148 valence electrons. The zero-order valence-corrected chi connectivity index (χ0v) is 13.8. The number of benzene rings is 1. The molecule has 1 aliphatic rings.